The van der Waals surface area contributed by atoms with Crippen molar-refractivity contribution in [2.45, 2.75) is 45.1 Å². The van der Waals surface area contributed by atoms with Crippen molar-refractivity contribution in [2.75, 3.05) is 26.2 Å². The highest BCUT2D eigenvalue weighted by atomic mass is 35.5. The monoisotopic (exact) mass is 312 g/mol. The van der Waals surface area contributed by atoms with Crippen molar-refractivity contribution in [3.63, 3.8) is 0 Å². The number of aromatic nitrogens is 2. The Balaban J connectivity index is 0.00000161. The van der Waals surface area contributed by atoms with Gasteiger partial charge in [-0.3, -0.25) is 9.48 Å². The van der Waals surface area contributed by atoms with Gasteiger partial charge in [0, 0.05) is 38.1 Å². The van der Waals surface area contributed by atoms with Gasteiger partial charge in [-0.1, -0.05) is 6.92 Å². The van der Waals surface area contributed by atoms with Gasteiger partial charge in [0.15, 0.2) is 0 Å². The minimum Gasteiger partial charge on any atom is -0.336 e. The van der Waals surface area contributed by atoms with E-state index in [0.29, 0.717) is 12.0 Å². The Bertz CT molecular complexity index is 492. The van der Waals surface area contributed by atoms with E-state index in [-0.39, 0.29) is 18.3 Å². The molecule has 0 bridgehead atoms. The third kappa shape index (κ3) is 3.24. The highest BCUT2D eigenvalue weighted by Gasteiger charge is 2.34. The molecule has 0 aromatic carbocycles. The van der Waals surface area contributed by atoms with E-state index >= 15 is 0 Å². The second kappa shape index (κ2) is 6.79. The minimum atomic E-state index is 0. The molecule has 1 N–H and O–H groups in total. The van der Waals surface area contributed by atoms with Crippen molar-refractivity contribution in [3.8, 4) is 0 Å². The molecule has 1 atom stereocenters. The quantitative estimate of drug-likeness (QED) is 0.927. The van der Waals surface area contributed by atoms with Crippen LogP contribution in [-0.2, 0) is 0 Å². The van der Waals surface area contributed by atoms with E-state index in [2.05, 4.69) is 28.9 Å². The standard InChI is InChI=1S/C15H24N4O.ClH/c1-3-11(2)19-14(12-4-5-12)13(10-17-19)15(20)18-8-6-16-7-9-18;/h10-12,16H,3-9H2,1-2H3;1H. The van der Waals surface area contributed by atoms with Crippen LogP contribution < -0.4 is 5.32 Å². The third-order valence-corrected chi connectivity index (χ3v) is 4.44. The van der Waals surface area contributed by atoms with E-state index in [0.717, 1.165) is 38.2 Å². The van der Waals surface area contributed by atoms with Crippen LogP contribution in [0.2, 0.25) is 0 Å². The Morgan fingerprint density at radius 3 is 2.67 bits per heavy atom. The molecule has 1 aliphatic carbocycles. The van der Waals surface area contributed by atoms with E-state index in [1.165, 1.54) is 18.5 Å². The second-order valence-corrected chi connectivity index (χ2v) is 5.96. The zero-order chi connectivity index (χ0) is 14.1. The van der Waals surface area contributed by atoms with Gasteiger partial charge >= 0.3 is 0 Å². The van der Waals surface area contributed by atoms with Crippen LogP contribution in [0.1, 0.15) is 61.1 Å². The summed E-state index contributed by atoms with van der Waals surface area (Å²) in [5.41, 5.74) is 2.03. The predicted molar refractivity (Wildman–Crippen MR) is 85.2 cm³/mol. The van der Waals surface area contributed by atoms with Gasteiger partial charge in [0.25, 0.3) is 5.91 Å². The lowest BCUT2D eigenvalue weighted by molar-refractivity contribution is 0.0734. The largest absolute Gasteiger partial charge is 0.336 e. The molecule has 1 aromatic rings. The van der Waals surface area contributed by atoms with Crippen LogP contribution in [0.3, 0.4) is 0 Å². The van der Waals surface area contributed by atoms with E-state index in [1.54, 1.807) is 6.20 Å². The maximum atomic E-state index is 12.7. The molecule has 6 heteroatoms. The number of hydrogen-bond donors (Lipinski definition) is 1. The average molecular weight is 313 g/mol. The first-order valence-corrected chi connectivity index (χ1v) is 7.79. The maximum absolute atomic E-state index is 12.7. The van der Waals surface area contributed by atoms with E-state index in [9.17, 15) is 4.79 Å². The molecular weight excluding hydrogens is 288 g/mol. The molecule has 5 nitrogen and oxygen atoms in total. The first kappa shape index (κ1) is 16.3. The normalized spacial score (nSPS) is 20.0. The lowest BCUT2D eigenvalue weighted by atomic mass is 10.1. The third-order valence-electron chi connectivity index (χ3n) is 4.44. The molecule has 1 unspecified atom stereocenters. The molecule has 0 spiro atoms. The van der Waals surface area contributed by atoms with Gasteiger partial charge < -0.3 is 10.2 Å². The van der Waals surface area contributed by atoms with Gasteiger partial charge in [0.2, 0.25) is 0 Å². The Hall–Kier alpha value is -1.07. The lowest BCUT2D eigenvalue weighted by Crippen LogP contribution is -2.46. The summed E-state index contributed by atoms with van der Waals surface area (Å²) >= 11 is 0. The highest BCUT2D eigenvalue weighted by molar-refractivity contribution is 5.95. The first-order valence-electron chi connectivity index (χ1n) is 7.79. The molecule has 118 valence electrons. The molecular formula is C15H25ClN4O. The van der Waals surface area contributed by atoms with Crippen molar-refractivity contribution >= 4 is 18.3 Å². The zero-order valence-corrected chi connectivity index (χ0v) is 13.7. The molecule has 3 rings (SSSR count). The van der Waals surface area contributed by atoms with Crippen LogP contribution in [0.25, 0.3) is 0 Å². The minimum absolute atomic E-state index is 0. The van der Waals surface area contributed by atoms with Crippen LogP contribution in [0, 0.1) is 0 Å². The fourth-order valence-corrected chi connectivity index (χ4v) is 2.86. The Morgan fingerprint density at radius 1 is 1.43 bits per heavy atom. The number of nitrogens with one attached hydrogen (secondary N) is 1. The van der Waals surface area contributed by atoms with Crippen LogP contribution in [-0.4, -0.2) is 46.8 Å². The summed E-state index contributed by atoms with van der Waals surface area (Å²) in [6.07, 6.45) is 5.24. The molecule has 2 aliphatic rings. The van der Waals surface area contributed by atoms with Crippen LogP contribution in [0.15, 0.2) is 6.20 Å². The number of nitrogens with zero attached hydrogens (tertiary/aromatic N) is 3. The van der Waals surface area contributed by atoms with E-state index in [4.69, 9.17) is 0 Å². The van der Waals surface area contributed by atoms with Gasteiger partial charge in [-0.25, -0.2) is 0 Å². The smallest absolute Gasteiger partial charge is 0.257 e. The van der Waals surface area contributed by atoms with Crippen molar-refractivity contribution in [3.05, 3.63) is 17.5 Å². The number of amides is 1. The van der Waals surface area contributed by atoms with Gasteiger partial charge in [-0.2, -0.15) is 5.10 Å². The van der Waals surface area contributed by atoms with Gasteiger partial charge in [0.1, 0.15) is 0 Å². The summed E-state index contributed by atoms with van der Waals surface area (Å²) in [6, 6.07) is 0.371. The summed E-state index contributed by atoms with van der Waals surface area (Å²) in [5.74, 6) is 0.719. The van der Waals surface area contributed by atoms with E-state index < -0.39 is 0 Å². The fourth-order valence-electron chi connectivity index (χ4n) is 2.86. The number of piperazine rings is 1. The summed E-state index contributed by atoms with van der Waals surface area (Å²) in [7, 11) is 0. The average Bonchev–Trinajstić information content (AvgIpc) is 3.25. The summed E-state index contributed by atoms with van der Waals surface area (Å²) < 4.78 is 2.09. The van der Waals surface area contributed by atoms with Crippen molar-refractivity contribution in [1.82, 2.24) is 20.0 Å². The molecule has 1 saturated heterocycles. The first-order chi connectivity index (χ1) is 9.72. The lowest BCUT2D eigenvalue weighted by Gasteiger charge is -2.27. The summed E-state index contributed by atoms with van der Waals surface area (Å²) in [5, 5.41) is 7.81. The molecule has 2 fully saturated rings. The molecule has 1 aliphatic heterocycles. The second-order valence-electron chi connectivity index (χ2n) is 5.96. The summed E-state index contributed by atoms with van der Waals surface area (Å²) in [4.78, 5) is 14.7. The molecule has 0 radical (unpaired) electrons. The maximum Gasteiger partial charge on any atom is 0.257 e. The highest BCUT2D eigenvalue weighted by Crippen LogP contribution is 2.43. The molecule has 1 aromatic heterocycles. The predicted octanol–water partition coefficient (Wildman–Crippen LogP) is 2.20. The van der Waals surface area contributed by atoms with Gasteiger partial charge in [-0.15, -0.1) is 12.4 Å². The number of carbonyl (C=O) groups is 1. The van der Waals surface area contributed by atoms with Crippen molar-refractivity contribution < 1.29 is 4.79 Å². The number of hydrogen-bond acceptors (Lipinski definition) is 3. The Labute approximate surface area is 132 Å². The van der Waals surface area contributed by atoms with Crippen molar-refractivity contribution in [2.24, 2.45) is 0 Å². The zero-order valence-electron chi connectivity index (χ0n) is 12.8. The number of rotatable bonds is 4. The fraction of sp³-hybridized carbons (Fsp3) is 0.733. The van der Waals surface area contributed by atoms with Crippen molar-refractivity contribution in [1.29, 1.82) is 0 Å². The molecule has 1 saturated carbocycles. The topological polar surface area (TPSA) is 50.2 Å². The molecule has 21 heavy (non-hydrogen) atoms. The van der Waals surface area contributed by atoms with Gasteiger partial charge in [-0.05, 0) is 26.2 Å². The number of halogens is 1. The van der Waals surface area contributed by atoms with E-state index in [1.807, 2.05) is 4.90 Å². The molecule has 1 amide bonds. The van der Waals surface area contributed by atoms with Crippen LogP contribution in [0.4, 0.5) is 0 Å². The summed E-state index contributed by atoms with van der Waals surface area (Å²) in [6.45, 7) is 7.74. The Kier molecular flexibility index (Phi) is 5.27. The SMILES string of the molecule is CCC(C)n1ncc(C(=O)N2CCNCC2)c1C1CC1.Cl. The Morgan fingerprint density at radius 2 is 2.10 bits per heavy atom. The number of carbonyl (C=O) groups excluding carboxylic acids is 1. The van der Waals surface area contributed by atoms with Crippen LogP contribution in [0.5, 0.6) is 0 Å². The van der Waals surface area contributed by atoms with Crippen LogP contribution >= 0.6 is 12.4 Å². The molecule has 2 heterocycles. The van der Waals surface area contributed by atoms with Gasteiger partial charge in [0.05, 0.1) is 17.5 Å².